The van der Waals surface area contributed by atoms with Gasteiger partial charge in [0.25, 0.3) is 0 Å². The number of hydrogen-bond acceptors (Lipinski definition) is 3. The summed E-state index contributed by atoms with van der Waals surface area (Å²) in [6.45, 7) is 10.9. The van der Waals surface area contributed by atoms with Crippen LogP contribution in [0, 0.1) is 5.92 Å². The molecule has 1 fully saturated rings. The van der Waals surface area contributed by atoms with Crippen molar-refractivity contribution in [2.45, 2.75) is 117 Å². The van der Waals surface area contributed by atoms with Crippen LogP contribution in [0.4, 0.5) is 0 Å². The van der Waals surface area contributed by atoms with E-state index in [4.69, 9.17) is 9.47 Å². The van der Waals surface area contributed by atoms with E-state index in [0.717, 1.165) is 6.42 Å². The Morgan fingerprint density at radius 3 is 2.04 bits per heavy atom. The molecule has 1 aliphatic rings. The first-order valence-corrected chi connectivity index (χ1v) is 19.1. The molecule has 0 unspecified atom stereocenters. The van der Waals surface area contributed by atoms with Gasteiger partial charge in [0, 0.05) is 0 Å². The number of aliphatic hydroxyl groups excluding tert-OH is 1. The Hall–Kier alpha value is 0.419. The van der Waals surface area contributed by atoms with Crippen molar-refractivity contribution in [2.75, 3.05) is 7.11 Å². The zero-order valence-corrected chi connectivity index (χ0v) is 21.8. The fraction of sp³-hybridized carbons (Fsp3) is 0.913. The van der Waals surface area contributed by atoms with Gasteiger partial charge >= 0.3 is 173 Å². The fourth-order valence-electron chi connectivity index (χ4n) is 4.37. The van der Waals surface area contributed by atoms with E-state index < -0.39 is 24.2 Å². The predicted molar refractivity (Wildman–Crippen MR) is 119 cm³/mol. The Morgan fingerprint density at radius 2 is 1.59 bits per heavy atom. The summed E-state index contributed by atoms with van der Waals surface area (Å²) >= 11 is -2.21. The number of ether oxygens (including phenoxy) is 2. The molecule has 1 saturated heterocycles. The van der Waals surface area contributed by atoms with E-state index in [1.165, 1.54) is 51.8 Å². The predicted octanol–water partition coefficient (Wildman–Crippen LogP) is 6.47. The molecular formula is C23H46O3Sn. The molecule has 160 valence electrons. The Balaban J connectivity index is 2.81. The molecule has 0 aromatic heterocycles. The molecule has 4 atom stereocenters. The van der Waals surface area contributed by atoms with Crippen LogP contribution in [0.2, 0.25) is 13.3 Å². The molecule has 0 aromatic carbocycles. The molecule has 0 saturated carbocycles. The second-order valence-electron chi connectivity index (χ2n) is 8.86. The van der Waals surface area contributed by atoms with Gasteiger partial charge in [-0.2, -0.15) is 0 Å². The summed E-state index contributed by atoms with van der Waals surface area (Å²) in [5.74, 6) is -0.678. The number of rotatable bonds is 13. The summed E-state index contributed by atoms with van der Waals surface area (Å²) in [5, 5.41) is 10.5. The molecule has 1 aliphatic heterocycles. The van der Waals surface area contributed by atoms with Gasteiger partial charge in [0.05, 0.1) is 0 Å². The molecule has 0 aromatic rings. The molecule has 1 heterocycles. The third-order valence-corrected chi connectivity index (χ3v) is 20.9. The third kappa shape index (κ3) is 7.98. The molecule has 0 radical (unpaired) electrons. The van der Waals surface area contributed by atoms with Crippen LogP contribution in [-0.2, 0) is 9.47 Å². The second-order valence-corrected chi connectivity index (χ2v) is 21.9. The minimum absolute atomic E-state index is 0.000317. The molecular weight excluding hydrogens is 443 g/mol. The van der Waals surface area contributed by atoms with E-state index in [0.29, 0.717) is 6.42 Å². The topological polar surface area (TPSA) is 38.7 Å². The van der Waals surface area contributed by atoms with Gasteiger partial charge in [-0.15, -0.1) is 0 Å². The van der Waals surface area contributed by atoms with Crippen LogP contribution in [0.1, 0.15) is 86.0 Å². The SMILES string of the molecule is CCC[CH2][Sn](/[CH]=C/C[C@@H]1C[C@H](O)[C@@H](C)[C@@](C)(OC)O1)([CH2]CCC)[CH2]CCC. The van der Waals surface area contributed by atoms with Crippen molar-refractivity contribution in [3.63, 3.8) is 0 Å². The van der Waals surface area contributed by atoms with Gasteiger partial charge in [0.1, 0.15) is 0 Å². The van der Waals surface area contributed by atoms with Crippen LogP contribution >= 0.6 is 0 Å². The molecule has 0 bridgehead atoms. The van der Waals surface area contributed by atoms with Crippen LogP contribution in [0.3, 0.4) is 0 Å². The van der Waals surface area contributed by atoms with Crippen LogP contribution < -0.4 is 0 Å². The van der Waals surface area contributed by atoms with E-state index in [2.05, 4.69) is 30.9 Å². The van der Waals surface area contributed by atoms with Gasteiger partial charge in [-0.1, -0.05) is 0 Å². The Morgan fingerprint density at radius 1 is 1.07 bits per heavy atom. The minimum atomic E-state index is -2.21. The summed E-state index contributed by atoms with van der Waals surface area (Å²) < 4.78 is 19.1. The maximum absolute atomic E-state index is 10.5. The van der Waals surface area contributed by atoms with Crippen molar-refractivity contribution in [1.29, 1.82) is 0 Å². The Kier molecular flexibility index (Phi) is 12.1. The van der Waals surface area contributed by atoms with Crippen LogP contribution in [0.25, 0.3) is 0 Å². The average molecular weight is 489 g/mol. The Labute approximate surface area is 173 Å². The van der Waals surface area contributed by atoms with E-state index in [1.807, 2.05) is 13.8 Å². The number of unbranched alkanes of at least 4 members (excludes halogenated alkanes) is 3. The summed E-state index contributed by atoms with van der Waals surface area (Å²) in [5.41, 5.74) is 0. The van der Waals surface area contributed by atoms with Crippen molar-refractivity contribution in [3.05, 3.63) is 10.2 Å². The van der Waals surface area contributed by atoms with Gasteiger partial charge in [-0.25, -0.2) is 0 Å². The molecule has 4 heteroatoms. The van der Waals surface area contributed by atoms with Gasteiger partial charge < -0.3 is 0 Å². The standard InChI is InChI=1S/C11H19O3.3C4H9.Sn/c1-5-6-9-7-10(12)8(2)11(3,13-4)14-9;3*1-3-4-2;/h1,5,8-10,12H,6-7H2,2-4H3;3*1,3-4H2,2H3;/t8-,9-,10+,11+;;;;/m1..../s1. The summed E-state index contributed by atoms with van der Waals surface area (Å²) in [4.78, 5) is 0. The molecule has 1 rings (SSSR count). The van der Waals surface area contributed by atoms with E-state index in [-0.39, 0.29) is 18.1 Å². The van der Waals surface area contributed by atoms with E-state index in [1.54, 1.807) is 7.11 Å². The molecule has 1 N–H and O–H groups in total. The zero-order chi connectivity index (χ0) is 20.3. The number of aliphatic hydroxyl groups is 1. The first kappa shape index (κ1) is 25.5. The van der Waals surface area contributed by atoms with Crippen molar-refractivity contribution >= 4 is 18.4 Å². The second kappa shape index (κ2) is 12.9. The van der Waals surface area contributed by atoms with Crippen LogP contribution in [-0.4, -0.2) is 48.6 Å². The molecule has 0 amide bonds. The van der Waals surface area contributed by atoms with Crippen molar-refractivity contribution in [1.82, 2.24) is 0 Å². The van der Waals surface area contributed by atoms with Crippen molar-refractivity contribution in [2.24, 2.45) is 5.92 Å². The summed E-state index contributed by atoms with van der Waals surface area (Å²) in [6.07, 6.45) is 11.9. The molecule has 27 heavy (non-hydrogen) atoms. The van der Waals surface area contributed by atoms with Crippen LogP contribution in [0.5, 0.6) is 0 Å². The monoisotopic (exact) mass is 490 g/mol. The average Bonchev–Trinajstić information content (AvgIpc) is 2.66. The molecule has 0 spiro atoms. The summed E-state index contributed by atoms with van der Waals surface area (Å²) in [7, 11) is 1.68. The zero-order valence-electron chi connectivity index (χ0n) is 18.9. The number of methoxy groups -OCH3 is 1. The van der Waals surface area contributed by atoms with Crippen LogP contribution in [0.15, 0.2) is 10.2 Å². The van der Waals surface area contributed by atoms with Gasteiger partial charge in [-0.05, 0) is 0 Å². The fourth-order valence-corrected chi connectivity index (χ4v) is 18.8. The quantitative estimate of drug-likeness (QED) is 0.302. The van der Waals surface area contributed by atoms with Gasteiger partial charge in [-0.3, -0.25) is 0 Å². The van der Waals surface area contributed by atoms with E-state index in [9.17, 15) is 5.11 Å². The van der Waals surface area contributed by atoms with E-state index >= 15 is 0 Å². The van der Waals surface area contributed by atoms with Crippen molar-refractivity contribution in [3.8, 4) is 0 Å². The summed E-state index contributed by atoms with van der Waals surface area (Å²) in [6, 6.07) is 0. The first-order valence-electron chi connectivity index (χ1n) is 11.4. The van der Waals surface area contributed by atoms with Gasteiger partial charge in [0.15, 0.2) is 0 Å². The first-order chi connectivity index (χ1) is 12.9. The third-order valence-electron chi connectivity index (χ3n) is 6.67. The molecule has 0 aliphatic carbocycles. The Bertz CT molecular complexity index is 404. The van der Waals surface area contributed by atoms with Crippen molar-refractivity contribution < 1.29 is 14.6 Å². The maximum atomic E-state index is 10.5. The number of hydrogen-bond donors (Lipinski definition) is 1. The molecule has 3 nitrogen and oxygen atoms in total. The van der Waals surface area contributed by atoms with Gasteiger partial charge in [0.2, 0.25) is 0 Å². The normalized spacial score (nSPS) is 29.5.